The summed E-state index contributed by atoms with van der Waals surface area (Å²) in [5.41, 5.74) is 1.89. The van der Waals surface area contributed by atoms with E-state index in [4.69, 9.17) is 4.74 Å². The highest BCUT2D eigenvalue weighted by Crippen LogP contribution is 2.26. The van der Waals surface area contributed by atoms with Crippen LogP contribution >= 0.6 is 11.8 Å². The fourth-order valence-electron chi connectivity index (χ4n) is 2.06. The van der Waals surface area contributed by atoms with Gasteiger partial charge in [-0.2, -0.15) is 0 Å². The Bertz CT molecular complexity index is 622. The van der Waals surface area contributed by atoms with Crippen molar-refractivity contribution in [2.24, 2.45) is 7.05 Å². The van der Waals surface area contributed by atoms with Gasteiger partial charge in [-0.3, -0.25) is 4.79 Å². The third kappa shape index (κ3) is 2.51. The smallest absolute Gasteiger partial charge is 0.173 e. The molecule has 1 aromatic heterocycles. The number of Topliss-reactive ketones (excluding diaryl/α,β-unsaturated/α-hetero) is 1. The molecule has 5 heteroatoms. The largest absolute Gasteiger partial charge is 0.493 e. The van der Waals surface area contributed by atoms with E-state index in [0.29, 0.717) is 5.75 Å². The number of aryl methyl sites for hydroxylation is 1. The summed E-state index contributed by atoms with van der Waals surface area (Å²) < 4.78 is 7.35. The number of ether oxygens (including phenoxy) is 1. The molecule has 0 N–H and O–H groups in total. The van der Waals surface area contributed by atoms with Crippen molar-refractivity contribution in [2.75, 3.05) is 12.4 Å². The van der Waals surface area contributed by atoms with Gasteiger partial charge < -0.3 is 9.30 Å². The highest BCUT2D eigenvalue weighted by Gasteiger charge is 2.15. The van der Waals surface area contributed by atoms with Crippen LogP contribution in [0.1, 0.15) is 15.9 Å². The summed E-state index contributed by atoms with van der Waals surface area (Å²) in [6, 6.07) is 5.68. The standard InChI is InChI=1S/C14H14N2O2S/c1-16-6-5-15-14(16)19-9-12(17)10-2-3-13-11(8-10)4-7-18-13/h2-3,5-6,8H,4,7,9H2,1H3. The van der Waals surface area contributed by atoms with E-state index >= 15 is 0 Å². The second-order valence-electron chi connectivity index (χ2n) is 4.45. The van der Waals surface area contributed by atoms with Crippen LogP contribution in [0.15, 0.2) is 35.7 Å². The van der Waals surface area contributed by atoms with E-state index in [1.165, 1.54) is 11.8 Å². The van der Waals surface area contributed by atoms with Gasteiger partial charge in [-0.25, -0.2) is 4.98 Å². The van der Waals surface area contributed by atoms with Crippen molar-refractivity contribution in [3.05, 3.63) is 41.7 Å². The number of ketones is 1. The lowest BCUT2D eigenvalue weighted by Gasteiger charge is -2.04. The molecule has 0 bridgehead atoms. The van der Waals surface area contributed by atoms with Crippen molar-refractivity contribution in [3.8, 4) is 5.75 Å². The first-order chi connectivity index (χ1) is 9.24. The number of benzene rings is 1. The highest BCUT2D eigenvalue weighted by molar-refractivity contribution is 7.99. The molecule has 3 rings (SSSR count). The summed E-state index contributed by atoms with van der Waals surface area (Å²) in [5.74, 6) is 1.45. The van der Waals surface area contributed by atoms with E-state index in [1.807, 2.05) is 36.0 Å². The van der Waals surface area contributed by atoms with Gasteiger partial charge >= 0.3 is 0 Å². The first-order valence-corrected chi connectivity index (χ1v) is 7.11. The summed E-state index contributed by atoms with van der Waals surface area (Å²) >= 11 is 1.46. The van der Waals surface area contributed by atoms with Crippen LogP contribution in [0.3, 0.4) is 0 Å². The monoisotopic (exact) mass is 274 g/mol. The van der Waals surface area contributed by atoms with E-state index in [1.54, 1.807) is 6.20 Å². The van der Waals surface area contributed by atoms with Gasteiger partial charge in [0.2, 0.25) is 0 Å². The zero-order valence-electron chi connectivity index (χ0n) is 10.6. The molecule has 0 fully saturated rings. The lowest BCUT2D eigenvalue weighted by molar-refractivity contribution is 0.102. The van der Waals surface area contributed by atoms with E-state index in [9.17, 15) is 4.79 Å². The van der Waals surface area contributed by atoms with Crippen molar-refractivity contribution >= 4 is 17.5 Å². The van der Waals surface area contributed by atoms with E-state index < -0.39 is 0 Å². The molecule has 0 saturated heterocycles. The average molecular weight is 274 g/mol. The van der Waals surface area contributed by atoms with Crippen LogP contribution in [0.25, 0.3) is 0 Å². The number of carbonyl (C=O) groups excluding carboxylic acids is 1. The Hall–Kier alpha value is -1.75. The molecule has 2 heterocycles. The molecule has 0 aliphatic carbocycles. The molecule has 1 aliphatic rings. The third-order valence-electron chi connectivity index (χ3n) is 3.12. The highest BCUT2D eigenvalue weighted by atomic mass is 32.2. The SMILES string of the molecule is Cn1ccnc1SCC(=O)c1ccc2c(c1)CCO2. The van der Waals surface area contributed by atoms with Crippen molar-refractivity contribution in [1.82, 2.24) is 9.55 Å². The number of thioether (sulfide) groups is 1. The summed E-state index contributed by atoms with van der Waals surface area (Å²) in [4.78, 5) is 16.3. The number of hydrogen-bond donors (Lipinski definition) is 0. The van der Waals surface area contributed by atoms with Gasteiger partial charge in [0.15, 0.2) is 10.9 Å². The van der Waals surface area contributed by atoms with Crippen LogP contribution in [0.5, 0.6) is 5.75 Å². The summed E-state index contributed by atoms with van der Waals surface area (Å²) in [6.45, 7) is 0.717. The Balaban J connectivity index is 1.69. The van der Waals surface area contributed by atoms with Gasteiger partial charge in [-0.1, -0.05) is 11.8 Å². The zero-order valence-corrected chi connectivity index (χ0v) is 11.4. The molecule has 0 saturated carbocycles. The number of fused-ring (bicyclic) bond motifs is 1. The number of aromatic nitrogens is 2. The Labute approximate surface area is 115 Å². The second-order valence-corrected chi connectivity index (χ2v) is 5.40. The predicted octanol–water partition coefficient (Wildman–Crippen LogP) is 2.33. The maximum atomic E-state index is 12.2. The molecule has 0 radical (unpaired) electrons. The van der Waals surface area contributed by atoms with Crippen LogP contribution in [-0.2, 0) is 13.5 Å². The minimum Gasteiger partial charge on any atom is -0.493 e. The van der Waals surface area contributed by atoms with Crippen LogP contribution in [0.2, 0.25) is 0 Å². The van der Waals surface area contributed by atoms with Gasteiger partial charge in [0.1, 0.15) is 5.75 Å². The molecule has 1 aromatic carbocycles. The van der Waals surface area contributed by atoms with Crippen molar-refractivity contribution in [3.63, 3.8) is 0 Å². The number of imidazole rings is 1. The predicted molar refractivity (Wildman–Crippen MR) is 73.9 cm³/mol. The first kappa shape index (κ1) is 12.3. The van der Waals surface area contributed by atoms with Gasteiger partial charge in [0.25, 0.3) is 0 Å². The molecule has 0 amide bonds. The molecule has 98 valence electrons. The maximum absolute atomic E-state index is 12.2. The summed E-state index contributed by atoms with van der Waals surface area (Å²) in [5, 5.41) is 0.859. The molecule has 0 unspecified atom stereocenters. The molecule has 0 atom stereocenters. The minimum absolute atomic E-state index is 0.128. The minimum atomic E-state index is 0.128. The molecule has 19 heavy (non-hydrogen) atoms. The average Bonchev–Trinajstić information content (AvgIpc) is 3.03. The van der Waals surface area contributed by atoms with E-state index in [0.717, 1.165) is 35.1 Å². The molecule has 2 aromatic rings. The molecule has 1 aliphatic heterocycles. The topological polar surface area (TPSA) is 44.1 Å². The number of carbonyl (C=O) groups is 1. The number of nitrogens with zero attached hydrogens (tertiary/aromatic N) is 2. The number of rotatable bonds is 4. The fraction of sp³-hybridized carbons (Fsp3) is 0.286. The molecule has 0 spiro atoms. The van der Waals surface area contributed by atoms with Gasteiger partial charge in [-0.05, 0) is 23.8 Å². The van der Waals surface area contributed by atoms with Crippen molar-refractivity contribution < 1.29 is 9.53 Å². The summed E-state index contributed by atoms with van der Waals surface area (Å²) in [7, 11) is 1.92. The van der Waals surface area contributed by atoms with Gasteiger partial charge in [0.05, 0.1) is 12.4 Å². The number of hydrogen-bond acceptors (Lipinski definition) is 4. The van der Waals surface area contributed by atoms with E-state index in [-0.39, 0.29) is 5.78 Å². The second kappa shape index (κ2) is 5.09. The van der Waals surface area contributed by atoms with Crippen LogP contribution in [-0.4, -0.2) is 27.7 Å². The molecule has 4 nitrogen and oxygen atoms in total. The Morgan fingerprint density at radius 2 is 2.42 bits per heavy atom. The van der Waals surface area contributed by atoms with Crippen LogP contribution in [0, 0.1) is 0 Å². The lowest BCUT2D eigenvalue weighted by Crippen LogP contribution is -2.04. The lowest BCUT2D eigenvalue weighted by atomic mass is 10.1. The first-order valence-electron chi connectivity index (χ1n) is 6.13. The quantitative estimate of drug-likeness (QED) is 0.634. The van der Waals surface area contributed by atoms with Gasteiger partial charge in [0, 0.05) is 31.4 Å². The maximum Gasteiger partial charge on any atom is 0.173 e. The van der Waals surface area contributed by atoms with Crippen LogP contribution in [0.4, 0.5) is 0 Å². The Kier molecular flexibility index (Phi) is 3.29. The van der Waals surface area contributed by atoms with Crippen LogP contribution < -0.4 is 4.74 Å². The van der Waals surface area contributed by atoms with Crippen molar-refractivity contribution in [1.29, 1.82) is 0 Å². The van der Waals surface area contributed by atoms with Gasteiger partial charge in [-0.15, -0.1) is 0 Å². The Morgan fingerprint density at radius 1 is 1.53 bits per heavy atom. The Morgan fingerprint density at radius 3 is 3.21 bits per heavy atom. The fourth-order valence-corrected chi connectivity index (χ4v) is 2.89. The normalized spacial score (nSPS) is 13.1. The molecular weight excluding hydrogens is 260 g/mol. The van der Waals surface area contributed by atoms with Crippen molar-refractivity contribution in [2.45, 2.75) is 11.6 Å². The third-order valence-corrected chi connectivity index (χ3v) is 4.18. The zero-order chi connectivity index (χ0) is 13.2. The molecular formula is C14H14N2O2S. The summed E-state index contributed by atoms with van der Waals surface area (Å²) in [6.07, 6.45) is 4.50. The van der Waals surface area contributed by atoms with E-state index in [2.05, 4.69) is 4.98 Å².